The number of hydrogen-bond donors (Lipinski definition) is 1. The molecule has 3 unspecified atom stereocenters. The maximum Gasteiger partial charge on any atom is 0.152 e. The number of nitrogens with two attached hydrogens (primary N) is 1. The van der Waals surface area contributed by atoms with Crippen molar-refractivity contribution in [2.45, 2.75) is 56.2 Å². The third-order valence-corrected chi connectivity index (χ3v) is 6.98. The Bertz CT molecular complexity index is 410. The molecule has 1 heterocycles. The molecule has 1 aliphatic carbocycles. The van der Waals surface area contributed by atoms with Crippen molar-refractivity contribution < 1.29 is 8.42 Å². The largest absolute Gasteiger partial charge is 0.329 e. The summed E-state index contributed by atoms with van der Waals surface area (Å²) < 4.78 is 24.2. The molecular formula is C14H28N2O2S. The van der Waals surface area contributed by atoms with Gasteiger partial charge in [-0.05, 0) is 38.1 Å². The van der Waals surface area contributed by atoms with Crippen molar-refractivity contribution in [1.29, 1.82) is 0 Å². The normalized spacial score (nSPS) is 37.6. The molecule has 4 nitrogen and oxygen atoms in total. The van der Waals surface area contributed by atoms with Gasteiger partial charge in [-0.3, -0.25) is 4.90 Å². The first-order chi connectivity index (χ1) is 8.94. The Kier molecular flexibility index (Phi) is 4.58. The summed E-state index contributed by atoms with van der Waals surface area (Å²) in [4.78, 5) is 2.42. The van der Waals surface area contributed by atoms with Gasteiger partial charge in [0, 0.05) is 24.9 Å². The molecular weight excluding hydrogens is 260 g/mol. The van der Waals surface area contributed by atoms with Crippen LogP contribution in [0, 0.1) is 5.92 Å². The quantitative estimate of drug-likeness (QED) is 0.849. The number of sulfone groups is 1. The van der Waals surface area contributed by atoms with Crippen molar-refractivity contribution in [3.8, 4) is 0 Å². The second kappa shape index (κ2) is 5.70. The Morgan fingerprint density at radius 3 is 2.63 bits per heavy atom. The smallest absolute Gasteiger partial charge is 0.152 e. The van der Waals surface area contributed by atoms with Gasteiger partial charge in [0.1, 0.15) is 0 Å². The first-order valence-electron chi connectivity index (χ1n) is 7.58. The summed E-state index contributed by atoms with van der Waals surface area (Å²) >= 11 is 0. The summed E-state index contributed by atoms with van der Waals surface area (Å²) in [5, 5.41) is -0.263. The zero-order chi connectivity index (χ0) is 14.1. The van der Waals surface area contributed by atoms with E-state index in [1.54, 1.807) is 0 Å². The first-order valence-corrected chi connectivity index (χ1v) is 9.53. The van der Waals surface area contributed by atoms with Crippen LogP contribution in [0.2, 0.25) is 0 Å². The third kappa shape index (κ3) is 2.83. The van der Waals surface area contributed by atoms with E-state index in [0.717, 1.165) is 32.4 Å². The molecule has 0 spiro atoms. The van der Waals surface area contributed by atoms with Gasteiger partial charge in [0.15, 0.2) is 9.84 Å². The standard InChI is InChI=1S/C14H28N2O2S/c1-3-12-6-5-9-16(10-12)14(11-15)8-4-7-13(14)19(2,17)18/h12-13H,3-11,15H2,1-2H3. The first kappa shape index (κ1) is 15.3. The fraction of sp³-hybridized carbons (Fsp3) is 1.00. The second-order valence-corrected chi connectivity index (χ2v) is 8.61. The molecule has 2 rings (SSSR count). The Morgan fingerprint density at radius 2 is 2.05 bits per heavy atom. The predicted molar refractivity (Wildman–Crippen MR) is 78.9 cm³/mol. The molecule has 1 saturated heterocycles. The van der Waals surface area contributed by atoms with Crippen molar-refractivity contribution >= 4 is 9.84 Å². The Morgan fingerprint density at radius 1 is 1.32 bits per heavy atom. The van der Waals surface area contributed by atoms with Crippen LogP contribution in [0.1, 0.15) is 45.4 Å². The highest BCUT2D eigenvalue weighted by atomic mass is 32.2. The lowest BCUT2D eigenvalue weighted by Crippen LogP contribution is -2.62. The maximum absolute atomic E-state index is 12.1. The minimum atomic E-state index is -3.02. The van der Waals surface area contributed by atoms with E-state index in [2.05, 4.69) is 11.8 Å². The summed E-state index contributed by atoms with van der Waals surface area (Å²) in [5.41, 5.74) is 5.78. The zero-order valence-corrected chi connectivity index (χ0v) is 13.1. The van der Waals surface area contributed by atoms with Crippen molar-refractivity contribution in [2.24, 2.45) is 11.7 Å². The minimum Gasteiger partial charge on any atom is -0.329 e. The average molecular weight is 288 g/mol. The van der Waals surface area contributed by atoms with Gasteiger partial charge in [-0.1, -0.05) is 19.8 Å². The van der Waals surface area contributed by atoms with Crippen LogP contribution in [-0.2, 0) is 9.84 Å². The number of rotatable bonds is 4. The minimum absolute atomic E-state index is 0.263. The van der Waals surface area contributed by atoms with Crippen LogP contribution >= 0.6 is 0 Å². The van der Waals surface area contributed by atoms with Crippen LogP contribution in [0.5, 0.6) is 0 Å². The molecule has 2 N–H and O–H groups in total. The Labute approximate surface area is 117 Å². The number of nitrogens with zero attached hydrogens (tertiary/aromatic N) is 1. The second-order valence-electron chi connectivity index (χ2n) is 6.38. The van der Waals surface area contributed by atoms with Gasteiger partial charge in [-0.25, -0.2) is 8.42 Å². The van der Waals surface area contributed by atoms with Crippen molar-refractivity contribution in [3.63, 3.8) is 0 Å². The highest BCUT2D eigenvalue weighted by Gasteiger charge is 2.51. The van der Waals surface area contributed by atoms with E-state index in [1.165, 1.54) is 25.5 Å². The molecule has 1 saturated carbocycles. The van der Waals surface area contributed by atoms with Gasteiger partial charge in [0.05, 0.1) is 5.25 Å². The summed E-state index contributed by atoms with van der Waals surface area (Å²) in [6.45, 7) is 4.74. The van der Waals surface area contributed by atoms with Crippen molar-refractivity contribution in [3.05, 3.63) is 0 Å². The predicted octanol–water partition coefficient (Wildman–Crippen LogP) is 1.40. The van der Waals surface area contributed by atoms with Gasteiger partial charge in [-0.2, -0.15) is 0 Å². The van der Waals surface area contributed by atoms with Gasteiger partial charge >= 0.3 is 0 Å². The molecule has 19 heavy (non-hydrogen) atoms. The molecule has 0 bridgehead atoms. The van der Waals surface area contributed by atoms with Crippen LogP contribution in [-0.4, -0.2) is 50.0 Å². The van der Waals surface area contributed by atoms with E-state index in [0.29, 0.717) is 12.5 Å². The molecule has 112 valence electrons. The molecule has 0 radical (unpaired) electrons. The number of likely N-dealkylation sites (tertiary alicyclic amines) is 1. The van der Waals surface area contributed by atoms with Gasteiger partial charge in [-0.15, -0.1) is 0 Å². The third-order valence-electron chi connectivity index (χ3n) is 5.27. The van der Waals surface area contributed by atoms with Crippen LogP contribution < -0.4 is 5.73 Å². The average Bonchev–Trinajstić information content (AvgIpc) is 2.84. The SMILES string of the molecule is CCC1CCCN(C2(CN)CCCC2S(C)(=O)=O)C1. The van der Waals surface area contributed by atoms with Gasteiger partial charge in [0.2, 0.25) is 0 Å². The van der Waals surface area contributed by atoms with Crippen LogP contribution in [0.4, 0.5) is 0 Å². The molecule has 5 heteroatoms. The van der Waals surface area contributed by atoms with Gasteiger partial charge in [0.25, 0.3) is 0 Å². The highest BCUT2D eigenvalue weighted by Crippen LogP contribution is 2.41. The number of piperidine rings is 1. The van der Waals surface area contributed by atoms with Crippen LogP contribution in [0.15, 0.2) is 0 Å². The molecule has 0 aromatic rings. The highest BCUT2D eigenvalue weighted by molar-refractivity contribution is 7.91. The van der Waals surface area contributed by atoms with Crippen molar-refractivity contribution in [1.82, 2.24) is 4.90 Å². The zero-order valence-electron chi connectivity index (χ0n) is 12.3. The maximum atomic E-state index is 12.1. The summed E-state index contributed by atoms with van der Waals surface area (Å²) in [6, 6.07) is 0. The lowest BCUT2D eigenvalue weighted by Gasteiger charge is -2.47. The summed E-state index contributed by atoms with van der Waals surface area (Å²) in [6.07, 6.45) is 7.73. The summed E-state index contributed by atoms with van der Waals surface area (Å²) in [5.74, 6) is 0.706. The van der Waals surface area contributed by atoms with E-state index in [4.69, 9.17) is 5.73 Å². The Balaban J connectivity index is 2.26. The lowest BCUT2D eigenvalue weighted by molar-refractivity contribution is 0.0524. The van der Waals surface area contributed by atoms with Crippen LogP contribution in [0.3, 0.4) is 0 Å². The molecule has 2 fully saturated rings. The molecule has 3 atom stereocenters. The van der Waals surface area contributed by atoms with E-state index < -0.39 is 9.84 Å². The van der Waals surface area contributed by atoms with E-state index in [-0.39, 0.29) is 10.8 Å². The van der Waals surface area contributed by atoms with E-state index >= 15 is 0 Å². The van der Waals surface area contributed by atoms with Crippen LogP contribution in [0.25, 0.3) is 0 Å². The molecule has 0 aromatic carbocycles. The topological polar surface area (TPSA) is 63.4 Å². The van der Waals surface area contributed by atoms with E-state index in [1.807, 2.05) is 0 Å². The number of hydrogen-bond acceptors (Lipinski definition) is 4. The molecule has 2 aliphatic rings. The summed E-state index contributed by atoms with van der Waals surface area (Å²) in [7, 11) is -3.02. The fourth-order valence-electron chi connectivity index (χ4n) is 4.16. The molecule has 1 aliphatic heterocycles. The lowest BCUT2D eigenvalue weighted by atomic mass is 9.87. The monoisotopic (exact) mass is 288 g/mol. The molecule has 0 amide bonds. The molecule has 0 aromatic heterocycles. The van der Waals surface area contributed by atoms with Gasteiger partial charge < -0.3 is 5.73 Å². The fourth-order valence-corrected chi connectivity index (χ4v) is 5.92. The van der Waals surface area contributed by atoms with Crippen molar-refractivity contribution in [2.75, 3.05) is 25.9 Å². The van der Waals surface area contributed by atoms with E-state index in [9.17, 15) is 8.42 Å². The Hall–Kier alpha value is -0.130.